The average Bonchev–Trinajstić information content (AvgIpc) is 2.27. The van der Waals surface area contributed by atoms with Crippen molar-refractivity contribution in [3.63, 3.8) is 0 Å². The molecule has 0 fully saturated rings. The maximum absolute atomic E-state index is 11.1. The summed E-state index contributed by atoms with van der Waals surface area (Å²) >= 11 is 0. The van der Waals surface area contributed by atoms with Crippen LogP contribution in [0.4, 0.5) is 0 Å². The normalized spacial score (nSPS) is 12.8. The Labute approximate surface area is 111 Å². The molecular weight excluding hydrogens is 304 g/mol. The summed E-state index contributed by atoms with van der Waals surface area (Å²) in [5.74, 6) is 0.979. The minimum atomic E-state index is -3.00. The van der Waals surface area contributed by atoms with Crippen LogP contribution in [0.15, 0.2) is 0 Å². The second-order valence-corrected chi connectivity index (χ2v) is 12.1. The van der Waals surface area contributed by atoms with Gasteiger partial charge in [0.1, 0.15) is 0 Å². The zero-order valence-electron chi connectivity index (χ0n) is 9.92. The molecule has 0 radical (unpaired) electrons. The topological polar surface area (TPSA) is 77.5 Å². The highest BCUT2D eigenvalue weighted by Gasteiger charge is 2.08. The van der Waals surface area contributed by atoms with Gasteiger partial charge in [0, 0.05) is 11.5 Å². The minimum absolute atomic E-state index is 0.113. The third-order valence-electron chi connectivity index (χ3n) is 1.69. The van der Waals surface area contributed by atoms with Crippen LogP contribution in [0.3, 0.4) is 0 Å². The van der Waals surface area contributed by atoms with Gasteiger partial charge in [0.15, 0.2) is 0 Å². The summed E-state index contributed by atoms with van der Waals surface area (Å²) in [6, 6.07) is 0. The van der Waals surface area contributed by atoms with Crippen molar-refractivity contribution in [2.24, 2.45) is 0 Å². The summed E-state index contributed by atoms with van der Waals surface area (Å²) in [5, 5.41) is 0. The molecule has 0 aromatic heterocycles. The van der Waals surface area contributed by atoms with Crippen LogP contribution in [0.25, 0.3) is 0 Å². The van der Waals surface area contributed by atoms with Gasteiger partial charge < -0.3 is 4.74 Å². The number of rotatable bonds is 10. The molecule has 0 aromatic carbocycles. The Balaban J connectivity index is 3.49. The standard InChI is InChI=1S/C8H18O5S4/c1-3-16(9,10)14-7-5-13-6-8-15-17(11,12)4-2/h3-8H2,1-2H3. The van der Waals surface area contributed by atoms with E-state index < -0.39 is 17.7 Å². The van der Waals surface area contributed by atoms with E-state index in [1.165, 1.54) is 0 Å². The highest BCUT2D eigenvalue weighted by Crippen LogP contribution is 2.13. The lowest BCUT2D eigenvalue weighted by Gasteiger charge is -2.04. The summed E-state index contributed by atoms with van der Waals surface area (Å²) in [6.45, 7) is 3.82. The van der Waals surface area contributed by atoms with Gasteiger partial charge in [-0.15, -0.1) is 0 Å². The Morgan fingerprint density at radius 1 is 0.824 bits per heavy atom. The fourth-order valence-corrected chi connectivity index (χ4v) is 4.85. The Morgan fingerprint density at radius 2 is 1.18 bits per heavy atom. The molecule has 104 valence electrons. The van der Waals surface area contributed by atoms with Crippen LogP contribution in [0, 0.1) is 0 Å². The zero-order valence-corrected chi connectivity index (χ0v) is 13.2. The van der Waals surface area contributed by atoms with E-state index in [0.29, 0.717) is 24.7 Å². The van der Waals surface area contributed by atoms with E-state index in [-0.39, 0.29) is 11.5 Å². The van der Waals surface area contributed by atoms with Gasteiger partial charge in [0.2, 0.25) is 17.7 Å². The van der Waals surface area contributed by atoms with E-state index in [1.807, 2.05) is 0 Å². The van der Waals surface area contributed by atoms with Crippen molar-refractivity contribution in [2.75, 3.05) is 36.2 Å². The smallest absolute Gasteiger partial charge is 0.201 e. The lowest BCUT2D eigenvalue weighted by Crippen LogP contribution is -2.06. The summed E-state index contributed by atoms with van der Waals surface area (Å²) in [4.78, 5) is 0. The molecule has 0 N–H and O–H groups in total. The van der Waals surface area contributed by atoms with Gasteiger partial charge >= 0.3 is 0 Å². The quantitative estimate of drug-likeness (QED) is 0.441. The molecule has 0 aromatic rings. The highest BCUT2D eigenvalue weighted by atomic mass is 33.1. The Bertz CT molecular complexity index is 348. The fraction of sp³-hybridized carbons (Fsp3) is 1.00. The molecule has 0 saturated heterocycles. The molecule has 0 rings (SSSR count). The first kappa shape index (κ1) is 17.6. The third kappa shape index (κ3) is 10.2. The Hall–Kier alpha value is 0.560. The second kappa shape index (κ2) is 8.63. The predicted octanol–water partition coefficient (Wildman–Crippen LogP) is 1.17. The van der Waals surface area contributed by atoms with Gasteiger partial charge in [-0.25, -0.2) is 16.8 Å². The van der Waals surface area contributed by atoms with Gasteiger partial charge in [0.25, 0.3) is 0 Å². The van der Waals surface area contributed by atoms with Crippen molar-refractivity contribution in [2.45, 2.75) is 13.8 Å². The lowest BCUT2D eigenvalue weighted by atomic mass is 10.8. The van der Waals surface area contributed by atoms with Gasteiger partial charge in [-0.3, -0.25) is 0 Å². The van der Waals surface area contributed by atoms with Gasteiger partial charge in [0.05, 0.1) is 24.7 Å². The van der Waals surface area contributed by atoms with Crippen LogP contribution in [0.2, 0.25) is 0 Å². The zero-order chi connectivity index (χ0) is 13.4. The van der Waals surface area contributed by atoms with E-state index >= 15 is 0 Å². The number of hydrogen-bond acceptors (Lipinski definition) is 7. The molecule has 0 amide bonds. The van der Waals surface area contributed by atoms with Crippen LogP contribution < -0.4 is 0 Å². The summed E-state index contributed by atoms with van der Waals surface area (Å²) in [5.41, 5.74) is 0. The molecule has 9 heteroatoms. The van der Waals surface area contributed by atoms with Gasteiger partial charge in [-0.1, -0.05) is 13.8 Å². The second-order valence-electron chi connectivity index (χ2n) is 2.95. The lowest BCUT2D eigenvalue weighted by molar-refractivity contribution is 0.167. The van der Waals surface area contributed by atoms with Crippen molar-refractivity contribution in [1.29, 1.82) is 0 Å². The molecule has 0 spiro atoms. The molecule has 0 aliphatic heterocycles. The monoisotopic (exact) mass is 322 g/mol. The molecule has 0 aliphatic rings. The average molecular weight is 322 g/mol. The maximum Gasteiger partial charge on any atom is 0.201 e. The van der Waals surface area contributed by atoms with Crippen molar-refractivity contribution >= 4 is 39.3 Å². The van der Waals surface area contributed by atoms with Gasteiger partial charge in [-0.2, -0.15) is 0 Å². The molecule has 0 unspecified atom stereocenters. The van der Waals surface area contributed by atoms with E-state index in [9.17, 15) is 16.8 Å². The fourth-order valence-electron chi connectivity index (χ4n) is 0.709. The van der Waals surface area contributed by atoms with Gasteiger partial charge in [-0.05, 0) is 21.6 Å². The predicted molar refractivity (Wildman–Crippen MR) is 74.7 cm³/mol. The van der Waals surface area contributed by atoms with Crippen molar-refractivity contribution in [1.82, 2.24) is 0 Å². The maximum atomic E-state index is 11.1. The molecule has 0 heterocycles. The van der Waals surface area contributed by atoms with Crippen LogP contribution in [0.5, 0.6) is 0 Å². The highest BCUT2D eigenvalue weighted by molar-refractivity contribution is 8.72. The largest absolute Gasteiger partial charge is 0.380 e. The summed E-state index contributed by atoms with van der Waals surface area (Å²) in [6.07, 6.45) is 0. The van der Waals surface area contributed by atoms with Crippen molar-refractivity contribution in [3.8, 4) is 0 Å². The minimum Gasteiger partial charge on any atom is -0.380 e. The Morgan fingerprint density at radius 3 is 1.47 bits per heavy atom. The molecule has 0 saturated carbocycles. The van der Waals surface area contributed by atoms with Crippen LogP contribution in [0.1, 0.15) is 13.8 Å². The molecule has 0 aliphatic carbocycles. The van der Waals surface area contributed by atoms with Crippen LogP contribution >= 0.6 is 21.6 Å². The Kier molecular flexibility index (Phi) is 8.91. The number of ether oxygens (including phenoxy) is 1. The van der Waals surface area contributed by atoms with E-state index in [0.717, 1.165) is 21.6 Å². The summed E-state index contributed by atoms with van der Waals surface area (Å²) in [7, 11) is -4.27. The van der Waals surface area contributed by atoms with Crippen molar-refractivity contribution in [3.05, 3.63) is 0 Å². The van der Waals surface area contributed by atoms with E-state index in [1.54, 1.807) is 13.8 Å². The third-order valence-corrected chi connectivity index (χ3v) is 9.06. The first-order chi connectivity index (χ1) is 7.83. The summed E-state index contributed by atoms with van der Waals surface area (Å²) < 4.78 is 49.5. The molecule has 17 heavy (non-hydrogen) atoms. The molecule has 0 atom stereocenters. The molecular formula is C8H18O5S4. The first-order valence-corrected chi connectivity index (χ1v) is 11.5. The number of hydrogen-bond donors (Lipinski definition) is 0. The first-order valence-electron chi connectivity index (χ1n) is 5.15. The molecule has 0 bridgehead atoms. The molecule has 5 nitrogen and oxygen atoms in total. The van der Waals surface area contributed by atoms with E-state index in [2.05, 4.69) is 0 Å². The van der Waals surface area contributed by atoms with E-state index in [4.69, 9.17) is 4.74 Å². The van der Waals surface area contributed by atoms with Crippen LogP contribution in [-0.2, 0) is 22.5 Å². The SMILES string of the molecule is CCS(=O)(=O)SCCOCCSS(=O)(=O)CC. The van der Waals surface area contributed by atoms with Crippen molar-refractivity contribution < 1.29 is 21.6 Å². The van der Waals surface area contributed by atoms with Crippen LogP contribution in [-0.4, -0.2) is 53.1 Å².